The molecule has 0 N–H and O–H groups in total. The van der Waals surface area contributed by atoms with Gasteiger partial charge in [-0.1, -0.05) is 0 Å². The molecule has 2 rings (SSSR count). The summed E-state index contributed by atoms with van der Waals surface area (Å²) < 4.78 is 41.4. The van der Waals surface area contributed by atoms with Crippen molar-refractivity contribution in [1.82, 2.24) is 13.6 Å². The summed E-state index contributed by atoms with van der Waals surface area (Å²) in [5, 5.41) is 8.71. The number of anilines is 1. The molecule has 1 aliphatic heterocycles. The standard InChI is InChI=1S/C14H20FN5O2S/c1-12(5-6-16)18(2)23(21,22)20-10-8-19(9-11-20)14-13(15)4-3-7-17-14/h3-4,7,12H,5,8-11H2,1-2H3. The predicted molar refractivity (Wildman–Crippen MR) is 84.4 cm³/mol. The van der Waals surface area contributed by atoms with Crippen LogP contribution in [0, 0.1) is 17.1 Å². The third kappa shape index (κ3) is 3.77. The fourth-order valence-electron chi connectivity index (χ4n) is 2.41. The smallest absolute Gasteiger partial charge is 0.282 e. The molecule has 1 atom stereocenters. The summed E-state index contributed by atoms with van der Waals surface area (Å²) in [5.74, 6) is -0.167. The molecular formula is C14H20FN5O2S. The van der Waals surface area contributed by atoms with Gasteiger partial charge in [-0.05, 0) is 19.1 Å². The van der Waals surface area contributed by atoms with E-state index in [2.05, 4.69) is 4.98 Å². The van der Waals surface area contributed by atoms with Gasteiger partial charge in [0.25, 0.3) is 10.2 Å². The van der Waals surface area contributed by atoms with Crippen LogP contribution in [0.1, 0.15) is 13.3 Å². The van der Waals surface area contributed by atoms with Crippen LogP contribution in [0.5, 0.6) is 0 Å². The summed E-state index contributed by atoms with van der Waals surface area (Å²) >= 11 is 0. The second-order valence-corrected chi connectivity index (χ2v) is 7.42. The van der Waals surface area contributed by atoms with Crippen LogP contribution < -0.4 is 4.90 Å². The zero-order valence-corrected chi connectivity index (χ0v) is 14.0. The van der Waals surface area contributed by atoms with Crippen molar-refractivity contribution in [2.45, 2.75) is 19.4 Å². The first-order chi connectivity index (χ1) is 10.9. The lowest BCUT2D eigenvalue weighted by atomic mass is 10.3. The third-order valence-corrected chi connectivity index (χ3v) is 6.08. The van der Waals surface area contributed by atoms with Crippen molar-refractivity contribution in [2.24, 2.45) is 0 Å². The molecule has 0 amide bonds. The van der Waals surface area contributed by atoms with E-state index in [0.29, 0.717) is 13.1 Å². The zero-order valence-electron chi connectivity index (χ0n) is 13.2. The minimum Gasteiger partial charge on any atom is -0.352 e. The van der Waals surface area contributed by atoms with Gasteiger partial charge < -0.3 is 4.90 Å². The molecular weight excluding hydrogens is 321 g/mol. The molecule has 126 valence electrons. The van der Waals surface area contributed by atoms with Gasteiger partial charge in [-0.2, -0.15) is 22.3 Å². The Bertz CT molecular complexity index is 683. The van der Waals surface area contributed by atoms with Gasteiger partial charge in [0.2, 0.25) is 0 Å². The summed E-state index contributed by atoms with van der Waals surface area (Å²) in [6.07, 6.45) is 1.65. The molecule has 0 saturated carbocycles. The van der Waals surface area contributed by atoms with Crippen molar-refractivity contribution in [3.63, 3.8) is 0 Å². The second kappa shape index (κ2) is 7.21. The molecule has 1 unspecified atom stereocenters. The maximum absolute atomic E-state index is 13.7. The Morgan fingerprint density at radius 1 is 1.43 bits per heavy atom. The van der Waals surface area contributed by atoms with Gasteiger partial charge in [0, 0.05) is 45.5 Å². The molecule has 1 saturated heterocycles. The van der Waals surface area contributed by atoms with Crippen LogP contribution in [-0.2, 0) is 10.2 Å². The summed E-state index contributed by atoms with van der Waals surface area (Å²) in [6, 6.07) is 4.44. The van der Waals surface area contributed by atoms with Gasteiger partial charge in [-0.15, -0.1) is 0 Å². The van der Waals surface area contributed by atoms with Crippen molar-refractivity contribution in [1.29, 1.82) is 5.26 Å². The largest absolute Gasteiger partial charge is 0.352 e. The number of piperazine rings is 1. The van der Waals surface area contributed by atoms with Gasteiger partial charge in [-0.3, -0.25) is 0 Å². The lowest BCUT2D eigenvalue weighted by Crippen LogP contribution is -2.54. The normalized spacial score (nSPS) is 18.0. The molecule has 1 aromatic rings. The highest BCUT2D eigenvalue weighted by Crippen LogP contribution is 2.20. The SMILES string of the molecule is CC(CC#N)N(C)S(=O)(=O)N1CCN(c2ncccc2F)CC1. The van der Waals surface area contributed by atoms with E-state index < -0.39 is 22.1 Å². The number of nitriles is 1. The molecule has 23 heavy (non-hydrogen) atoms. The third-order valence-electron chi connectivity index (χ3n) is 3.97. The number of rotatable bonds is 5. The van der Waals surface area contributed by atoms with Gasteiger partial charge in [0.1, 0.15) is 0 Å². The van der Waals surface area contributed by atoms with Crippen LogP contribution in [0.4, 0.5) is 10.2 Å². The molecule has 1 fully saturated rings. The van der Waals surface area contributed by atoms with Crippen LogP contribution >= 0.6 is 0 Å². The lowest BCUT2D eigenvalue weighted by Gasteiger charge is -2.37. The molecule has 2 heterocycles. The second-order valence-electron chi connectivity index (χ2n) is 5.43. The first kappa shape index (κ1) is 17.6. The topological polar surface area (TPSA) is 80.5 Å². The van der Waals surface area contributed by atoms with E-state index in [1.165, 1.54) is 34.0 Å². The first-order valence-corrected chi connectivity index (χ1v) is 8.73. The number of nitrogens with zero attached hydrogens (tertiary/aromatic N) is 5. The summed E-state index contributed by atoms with van der Waals surface area (Å²) in [4.78, 5) is 5.75. The van der Waals surface area contributed by atoms with E-state index in [1.807, 2.05) is 6.07 Å². The molecule has 0 spiro atoms. The minimum absolute atomic E-state index is 0.134. The van der Waals surface area contributed by atoms with E-state index in [0.717, 1.165) is 0 Å². The van der Waals surface area contributed by atoms with Crippen molar-refractivity contribution < 1.29 is 12.8 Å². The molecule has 0 aromatic carbocycles. The summed E-state index contributed by atoms with van der Waals surface area (Å²) in [6.45, 7) is 2.94. The van der Waals surface area contributed by atoms with Crippen molar-refractivity contribution >= 4 is 16.0 Å². The van der Waals surface area contributed by atoms with E-state index in [1.54, 1.807) is 11.8 Å². The Balaban J connectivity index is 2.04. The maximum Gasteiger partial charge on any atom is 0.282 e. The quantitative estimate of drug-likeness (QED) is 0.792. The number of aromatic nitrogens is 1. The van der Waals surface area contributed by atoms with Gasteiger partial charge in [0.05, 0.1) is 12.5 Å². The fourth-order valence-corrected chi connectivity index (χ4v) is 3.93. The summed E-state index contributed by atoms with van der Waals surface area (Å²) in [5.41, 5.74) is 0. The molecule has 1 aromatic heterocycles. The number of halogens is 1. The molecule has 0 aliphatic carbocycles. The predicted octanol–water partition coefficient (Wildman–Crippen LogP) is 0.821. The van der Waals surface area contributed by atoms with Crippen LogP contribution in [0.2, 0.25) is 0 Å². The minimum atomic E-state index is -3.62. The number of pyridine rings is 1. The van der Waals surface area contributed by atoms with E-state index in [-0.39, 0.29) is 25.3 Å². The highest BCUT2D eigenvalue weighted by atomic mass is 32.2. The van der Waals surface area contributed by atoms with Crippen LogP contribution in [0.25, 0.3) is 0 Å². The number of hydrogen-bond acceptors (Lipinski definition) is 5. The fraction of sp³-hybridized carbons (Fsp3) is 0.571. The Labute approximate surface area is 136 Å². The van der Waals surface area contributed by atoms with Gasteiger partial charge >= 0.3 is 0 Å². The highest BCUT2D eigenvalue weighted by molar-refractivity contribution is 7.86. The summed E-state index contributed by atoms with van der Waals surface area (Å²) in [7, 11) is -2.15. The lowest BCUT2D eigenvalue weighted by molar-refractivity contribution is 0.315. The zero-order chi connectivity index (χ0) is 17.0. The Morgan fingerprint density at radius 3 is 2.65 bits per heavy atom. The van der Waals surface area contributed by atoms with Gasteiger partial charge in [0.15, 0.2) is 11.6 Å². The Kier molecular flexibility index (Phi) is 5.51. The van der Waals surface area contributed by atoms with E-state index >= 15 is 0 Å². The average molecular weight is 341 g/mol. The average Bonchev–Trinajstić information content (AvgIpc) is 2.55. The Hall–Kier alpha value is -1.76. The van der Waals surface area contributed by atoms with Crippen LogP contribution in [-0.4, -0.2) is 61.3 Å². The van der Waals surface area contributed by atoms with Crippen molar-refractivity contribution in [2.75, 3.05) is 38.1 Å². The van der Waals surface area contributed by atoms with E-state index in [9.17, 15) is 12.8 Å². The van der Waals surface area contributed by atoms with Crippen molar-refractivity contribution in [3.05, 3.63) is 24.1 Å². The van der Waals surface area contributed by atoms with E-state index in [4.69, 9.17) is 5.26 Å². The first-order valence-electron chi connectivity index (χ1n) is 7.33. The molecule has 0 bridgehead atoms. The monoisotopic (exact) mass is 341 g/mol. The molecule has 9 heteroatoms. The Morgan fingerprint density at radius 2 is 2.09 bits per heavy atom. The van der Waals surface area contributed by atoms with Gasteiger partial charge in [-0.25, -0.2) is 9.37 Å². The maximum atomic E-state index is 13.7. The molecule has 7 nitrogen and oxygen atoms in total. The molecule has 0 radical (unpaired) electrons. The number of hydrogen-bond donors (Lipinski definition) is 0. The highest BCUT2D eigenvalue weighted by Gasteiger charge is 2.33. The van der Waals surface area contributed by atoms with Crippen molar-refractivity contribution in [3.8, 4) is 6.07 Å². The van der Waals surface area contributed by atoms with Crippen LogP contribution in [0.15, 0.2) is 18.3 Å². The van der Waals surface area contributed by atoms with Crippen LogP contribution in [0.3, 0.4) is 0 Å². The molecule has 1 aliphatic rings.